The summed E-state index contributed by atoms with van der Waals surface area (Å²) in [7, 11) is 1.33. The van der Waals surface area contributed by atoms with E-state index in [9.17, 15) is 9.59 Å². The van der Waals surface area contributed by atoms with Crippen LogP contribution in [0.3, 0.4) is 0 Å². The molecule has 1 heterocycles. The molecule has 0 bridgehead atoms. The number of urea groups is 1. The van der Waals surface area contributed by atoms with Gasteiger partial charge in [0.1, 0.15) is 0 Å². The minimum Gasteiger partial charge on any atom is -0.469 e. The van der Waals surface area contributed by atoms with Crippen LogP contribution in [0.25, 0.3) is 0 Å². The van der Waals surface area contributed by atoms with Crippen molar-refractivity contribution >= 4 is 30.1 Å². The van der Waals surface area contributed by atoms with Crippen molar-refractivity contribution in [2.45, 2.75) is 25.8 Å². The molecule has 23 heavy (non-hydrogen) atoms. The Balaban J connectivity index is 0.00000264. The van der Waals surface area contributed by atoms with Crippen molar-refractivity contribution in [1.82, 2.24) is 4.90 Å². The number of anilines is 1. The van der Waals surface area contributed by atoms with E-state index in [1.54, 1.807) is 4.90 Å². The van der Waals surface area contributed by atoms with E-state index in [-0.39, 0.29) is 37.0 Å². The highest BCUT2D eigenvalue weighted by molar-refractivity contribution is 5.90. The average Bonchev–Trinajstić information content (AvgIpc) is 2.89. The summed E-state index contributed by atoms with van der Waals surface area (Å²) in [5, 5.41) is 2.83. The maximum absolute atomic E-state index is 12.2. The summed E-state index contributed by atoms with van der Waals surface area (Å²) in [5.41, 5.74) is 7.85. The largest absolute Gasteiger partial charge is 0.469 e. The van der Waals surface area contributed by atoms with Crippen LogP contribution in [0.1, 0.15) is 25.3 Å². The van der Waals surface area contributed by atoms with Gasteiger partial charge in [0.25, 0.3) is 0 Å². The number of amides is 2. The number of benzene rings is 1. The van der Waals surface area contributed by atoms with Crippen LogP contribution < -0.4 is 11.1 Å². The van der Waals surface area contributed by atoms with Gasteiger partial charge in [-0.2, -0.15) is 0 Å². The van der Waals surface area contributed by atoms with Gasteiger partial charge in [-0.1, -0.05) is 26.0 Å². The first-order valence-corrected chi connectivity index (χ1v) is 7.41. The highest BCUT2D eigenvalue weighted by atomic mass is 35.5. The molecule has 1 aliphatic heterocycles. The number of ether oxygens (including phenoxy) is 1. The summed E-state index contributed by atoms with van der Waals surface area (Å²) < 4.78 is 4.71. The van der Waals surface area contributed by atoms with E-state index in [0.29, 0.717) is 12.5 Å². The summed E-state index contributed by atoms with van der Waals surface area (Å²) in [4.78, 5) is 25.4. The number of hydrogen-bond donors (Lipinski definition) is 2. The topological polar surface area (TPSA) is 84.7 Å². The van der Waals surface area contributed by atoms with Gasteiger partial charge in [0, 0.05) is 24.8 Å². The van der Waals surface area contributed by atoms with Gasteiger partial charge in [0.15, 0.2) is 0 Å². The number of nitrogens with zero attached hydrogens (tertiary/aromatic N) is 1. The average molecular weight is 342 g/mol. The van der Waals surface area contributed by atoms with Gasteiger partial charge in [-0.05, 0) is 23.6 Å². The van der Waals surface area contributed by atoms with Crippen LogP contribution in [0.5, 0.6) is 0 Å². The van der Waals surface area contributed by atoms with Crippen LogP contribution in [0, 0.1) is 5.92 Å². The van der Waals surface area contributed by atoms with Gasteiger partial charge >= 0.3 is 12.0 Å². The molecule has 0 aromatic heterocycles. The van der Waals surface area contributed by atoms with E-state index in [0.717, 1.165) is 5.69 Å². The number of nitrogens with one attached hydrogen (secondary N) is 1. The van der Waals surface area contributed by atoms with Gasteiger partial charge in [0.05, 0.1) is 13.0 Å². The number of likely N-dealkylation sites (tertiary alicyclic amines) is 1. The number of esters is 1. The van der Waals surface area contributed by atoms with Crippen LogP contribution in [-0.4, -0.2) is 43.1 Å². The molecule has 2 rings (SSSR count). The minimum absolute atomic E-state index is 0. The number of carbonyl (C=O) groups excluding carboxylic acids is 2. The van der Waals surface area contributed by atoms with Gasteiger partial charge in [-0.25, -0.2) is 4.79 Å². The second-order valence-corrected chi connectivity index (χ2v) is 5.91. The van der Waals surface area contributed by atoms with Crippen molar-refractivity contribution in [1.29, 1.82) is 0 Å². The van der Waals surface area contributed by atoms with Crippen molar-refractivity contribution in [2.75, 3.05) is 25.5 Å². The van der Waals surface area contributed by atoms with Crippen molar-refractivity contribution in [3.05, 3.63) is 29.8 Å². The highest BCUT2D eigenvalue weighted by Gasteiger charge is 2.38. The molecule has 128 valence electrons. The molecule has 2 amide bonds. The summed E-state index contributed by atoms with van der Waals surface area (Å²) >= 11 is 0. The molecule has 7 heteroatoms. The summed E-state index contributed by atoms with van der Waals surface area (Å²) in [6.45, 7) is 4.86. The van der Waals surface area contributed by atoms with Crippen LogP contribution in [0.15, 0.2) is 24.3 Å². The Labute approximate surface area is 142 Å². The predicted molar refractivity (Wildman–Crippen MR) is 91.9 cm³/mol. The molecular weight excluding hydrogens is 318 g/mol. The number of methoxy groups -OCH3 is 1. The fraction of sp³-hybridized carbons (Fsp3) is 0.500. The molecule has 1 saturated heterocycles. The lowest BCUT2D eigenvalue weighted by atomic mass is 10.0. The molecule has 6 nitrogen and oxygen atoms in total. The van der Waals surface area contributed by atoms with Crippen LogP contribution in [-0.2, 0) is 9.53 Å². The lowest BCUT2D eigenvalue weighted by molar-refractivity contribution is -0.145. The fourth-order valence-corrected chi connectivity index (χ4v) is 2.55. The third-order valence-corrected chi connectivity index (χ3v) is 3.98. The SMILES string of the molecule is COC(=O)C1CN(C(=O)Nc2ccc(C(C)C)cc2)CC1N.Cl. The molecule has 0 radical (unpaired) electrons. The quantitative estimate of drug-likeness (QED) is 0.825. The van der Waals surface area contributed by atoms with Crippen LogP contribution in [0.4, 0.5) is 10.5 Å². The zero-order valence-electron chi connectivity index (χ0n) is 13.6. The molecule has 0 spiro atoms. The summed E-state index contributed by atoms with van der Waals surface area (Å²) in [6, 6.07) is 7.10. The molecular formula is C16H24ClN3O3. The summed E-state index contributed by atoms with van der Waals surface area (Å²) in [5.74, 6) is -0.384. The predicted octanol–water partition coefficient (Wildman–Crippen LogP) is 2.20. The molecule has 0 saturated carbocycles. The monoisotopic (exact) mass is 341 g/mol. The third-order valence-electron chi connectivity index (χ3n) is 3.98. The fourth-order valence-electron chi connectivity index (χ4n) is 2.55. The number of nitrogens with two attached hydrogens (primary N) is 1. The Morgan fingerprint density at radius 2 is 1.87 bits per heavy atom. The molecule has 2 unspecified atom stereocenters. The molecule has 1 aromatic rings. The van der Waals surface area contributed by atoms with E-state index in [1.807, 2.05) is 24.3 Å². The maximum Gasteiger partial charge on any atom is 0.321 e. The van der Waals surface area contributed by atoms with E-state index >= 15 is 0 Å². The number of halogens is 1. The highest BCUT2D eigenvalue weighted by Crippen LogP contribution is 2.20. The lowest BCUT2D eigenvalue weighted by Gasteiger charge is -2.17. The first-order chi connectivity index (χ1) is 10.4. The first-order valence-electron chi connectivity index (χ1n) is 7.41. The Hall–Kier alpha value is -1.79. The Morgan fingerprint density at radius 1 is 1.26 bits per heavy atom. The second-order valence-electron chi connectivity index (χ2n) is 5.91. The van der Waals surface area contributed by atoms with Crippen molar-refractivity contribution in [3.8, 4) is 0 Å². The number of rotatable bonds is 3. The van der Waals surface area contributed by atoms with Gasteiger partial charge in [0.2, 0.25) is 0 Å². The van der Waals surface area contributed by atoms with E-state index in [2.05, 4.69) is 19.2 Å². The standard InChI is InChI=1S/C16H23N3O3.ClH/c1-10(2)11-4-6-12(7-5-11)18-16(21)19-8-13(14(17)9-19)15(20)22-3;/h4-7,10,13-14H,8-9,17H2,1-3H3,(H,18,21);1H. The van der Waals surface area contributed by atoms with Crippen molar-refractivity contribution in [3.63, 3.8) is 0 Å². The number of carbonyl (C=O) groups is 2. The second kappa shape index (κ2) is 8.17. The maximum atomic E-state index is 12.2. The Morgan fingerprint density at radius 3 is 2.39 bits per heavy atom. The number of hydrogen-bond acceptors (Lipinski definition) is 4. The van der Waals surface area contributed by atoms with Gasteiger partial charge in [-0.15, -0.1) is 12.4 Å². The minimum atomic E-state index is -0.459. The van der Waals surface area contributed by atoms with Crippen molar-refractivity contribution in [2.24, 2.45) is 11.7 Å². The normalized spacial score (nSPS) is 20.1. The van der Waals surface area contributed by atoms with Crippen molar-refractivity contribution < 1.29 is 14.3 Å². The van der Waals surface area contributed by atoms with E-state index in [4.69, 9.17) is 10.5 Å². The Bertz CT molecular complexity index is 548. The zero-order valence-corrected chi connectivity index (χ0v) is 14.4. The molecule has 2 atom stereocenters. The van der Waals surface area contributed by atoms with Gasteiger partial charge < -0.3 is 20.7 Å². The molecule has 0 aliphatic carbocycles. The third kappa shape index (κ3) is 4.59. The van der Waals surface area contributed by atoms with Crippen LogP contribution in [0.2, 0.25) is 0 Å². The van der Waals surface area contributed by atoms with E-state index < -0.39 is 5.92 Å². The zero-order chi connectivity index (χ0) is 16.3. The Kier molecular flexibility index (Phi) is 6.84. The van der Waals surface area contributed by atoms with Gasteiger partial charge in [-0.3, -0.25) is 4.79 Å². The first kappa shape index (κ1) is 19.3. The van der Waals surface area contributed by atoms with Crippen LogP contribution >= 0.6 is 12.4 Å². The molecule has 1 fully saturated rings. The summed E-state index contributed by atoms with van der Waals surface area (Å²) in [6.07, 6.45) is 0. The lowest BCUT2D eigenvalue weighted by Crippen LogP contribution is -2.35. The smallest absolute Gasteiger partial charge is 0.321 e. The van der Waals surface area contributed by atoms with E-state index in [1.165, 1.54) is 12.7 Å². The molecule has 1 aromatic carbocycles. The molecule has 3 N–H and O–H groups in total. The molecule has 1 aliphatic rings.